The van der Waals surface area contributed by atoms with Crippen LogP contribution in [0.4, 0.5) is 5.13 Å². The van der Waals surface area contributed by atoms with Crippen LogP contribution in [0.15, 0.2) is 28.7 Å². The first-order valence-corrected chi connectivity index (χ1v) is 6.97. The fourth-order valence-corrected chi connectivity index (χ4v) is 2.41. The first-order chi connectivity index (χ1) is 8.15. The van der Waals surface area contributed by atoms with Crippen molar-refractivity contribution in [2.45, 2.75) is 13.3 Å². The number of aromatic nitrogens is 2. The fourth-order valence-electron chi connectivity index (χ4n) is 1.48. The molecule has 0 spiro atoms. The van der Waals surface area contributed by atoms with Crippen LogP contribution in [-0.2, 0) is 6.42 Å². The Balaban J connectivity index is 1.92. The van der Waals surface area contributed by atoms with E-state index in [1.165, 1.54) is 17.1 Å². The van der Waals surface area contributed by atoms with Gasteiger partial charge in [-0.25, -0.2) is 4.98 Å². The van der Waals surface area contributed by atoms with E-state index in [4.69, 9.17) is 0 Å². The molecular formula is C12H14BrN3S. The van der Waals surface area contributed by atoms with Crippen LogP contribution in [0.25, 0.3) is 0 Å². The summed E-state index contributed by atoms with van der Waals surface area (Å²) < 4.78 is 5.31. The van der Waals surface area contributed by atoms with Crippen molar-refractivity contribution in [3.8, 4) is 0 Å². The summed E-state index contributed by atoms with van der Waals surface area (Å²) in [5, 5.41) is 0.986. The lowest BCUT2D eigenvalue weighted by molar-refractivity contribution is 0.868. The van der Waals surface area contributed by atoms with Crippen molar-refractivity contribution in [1.29, 1.82) is 0 Å². The highest BCUT2D eigenvalue weighted by Crippen LogP contribution is 2.16. The maximum Gasteiger partial charge on any atom is 0.204 e. The van der Waals surface area contributed by atoms with Gasteiger partial charge in [0.2, 0.25) is 5.13 Å². The molecular weight excluding hydrogens is 298 g/mol. The summed E-state index contributed by atoms with van der Waals surface area (Å²) in [5.41, 5.74) is 1.33. The van der Waals surface area contributed by atoms with Gasteiger partial charge in [0.1, 0.15) is 5.82 Å². The Bertz CT molecular complexity index is 481. The summed E-state index contributed by atoms with van der Waals surface area (Å²) in [4.78, 5) is 6.51. The molecule has 0 atom stereocenters. The van der Waals surface area contributed by atoms with Gasteiger partial charge in [-0.3, -0.25) is 0 Å². The molecule has 2 rings (SSSR count). The van der Waals surface area contributed by atoms with E-state index < -0.39 is 0 Å². The summed E-state index contributed by atoms with van der Waals surface area (Å²) in [6.07, 6.45) is 1.02. The molecule has 90 valence electrons. The third kappa shape index (κ3) is 3.51. The van der Waals surface area contributed by atoms with Gasteiger partial charge in [-0.05, 0) is 31.0 Å². The van der Waals surface area contributed by atoms with E-state index in [0.717, 1.165) is 28.4 Å². The molecule has 0 aliphatic carbocycles. The highest BCUT2D eigenvalue weighted by Gasteiger charge is 2.06. The predicted molar refractivity (Wildman–Crippen MR) is 75.8 cm³/mol. The SMILES string of the molecule is Cc1nsc(N(C)CCc2ccc(Br)cc2)n1. The summed E-state index contributed by atoms with van der Waals surface area (Å²) in [6, 6.07) is 8.43. The quantitative estimate of drug-likeness (QED) is 0.867. The molecule has 0 aliphatic rings. The fraction of sp³-hybridized carbons (Fsp3) is 0.333. The van der Waals surface area contributed by atoms with Crippen LogP contribution < -0.4 is 4.90 Å². The lowest BCUT2D eigenvalue weighted by Gasteiger charge is -2.14. The summed E-state index contributed by atoms with van der Waals surface area (Å²) in [7, 11) is 2.05. The largest absolute Gasteiger partial charge is 0.350 e. The predicted octanol–water partition coefficient (Wildman–Crippen LogP) is 3.29. The van der Waals surface area contributed by atoms with Crippen LogP contribution in [0.1, 0.15) is 11.4 Å². The molecule has 0 saturated heterocycles. The van der Waals surface area contributed by atoms with Gasteiger partial charge in [-0.1, -0.05) is 28.1 Å². The average molecular weight is 312 g/mol. The average Bonchev–Trinajstić information content (AvgIpc) is 2.75. The van der Waals surface area contributed by atoms with E-state index in [-0.39, 0.29) is 0 Å². The maximum absolute atomic E-state index is 4.36. The number of likely N-dealkylation sites (N-methyl/N-ethyl adjacent to an activating group) is 1. The molecule has 1 aromatic carbocycles. The van der Waals surface area contributed by atoms with Gasteiger partial charge in [-0.2, -0.15) is 4.37 Å². The number of hydrogen-bond donors (Lipinski definition) is 0. The zero-order chi connectivity index (χ0) is 12.3. The van der Waals surface area contributed by atoms with E-state index in [1.54, 1.807) is 0 Å². The summed E-state index contributed by atoms with van der Waals surface area (Å²) in [5.74, 6) is 0.848. The number of hydrogen-bond acceptors (Lipinski definition) is 4. The van der Waals surface area contributed by atoms with Crippen LogP contribution in [0.5, 0.6) is 0 Å². The van der Waals surface area contributed by atoms with Crippen molar-refractivity contribution in [2.24, 2.45) is 0 Å². The van der Waals surface area contributed by atoms with Gasteiger partial charge in [-0.15, -0.1) is 0 Å². The lowest BCUT2D eigenvalue weighted by Crippen LogP contribution is -2.20. The molecule has 17 heavy (non-hydrogen) atoms. The van der Waals surface area contributed by atoms with Crippen molar-refractivity contribution in [1.82, 2.24) is 9.36 Å². The van der Waals surface area contributed by atoms with E-state index >= 15 is 0 Å². The minimum atomic E-state index is 0.848. The Morgan fingerprint density at radius 1 is 1.29 bits per heavy atom. The Morgan fingerprint density at radius 3 is 2.59 bits per heavy atom. The van der Waals surface area contributed by atoms with Crippen LogP contribution >= 0.6 is 27.5 Å². The number of nitrogens with zero attached hydrogens (tertiary/aromatic N) is 3. The van der Waals surface area contributed by atoms with Crippen LogP contribution in [0.2, 0.25) is 0 Å². The lowest BCUT2D eigenvalue weighted by atomic mass is 10.1. The van der Waals surface area contributed by atoms with Gasteiger partial charge >= 0.3 is 0 Å². The van der Waals surface area contributed by atoms with E-state index in [1.807, 2.05) is 6.92 Å². The standard InChI is InChI=1S/C12H14BrN3S/c1-9-14-12(17-15-9)16(2)8-7-10-3-5-11(13)6-4-10/h3-6H,7-8H2,1-2H3. The maximum atomic E-state index is 4.36. The smallest absolute Gasteiger partial charge is 0.204 e. The first-order valence-electron chi connectivity index (χ1n) is 5.41. The first kappa shape index (κ1) is 12.5. The van der Waals surface area contributed by atoms with Gasteiger partial charge in [0.15, 0.2) is 0 Å². The molecule has 3 nitrogen and oxygen atoms in total. The minimum absolute atomic E-state index is 0.848. The second kappa shape index (κ2) is 5.60. The van der Waals surface area contributed by atoms with Crippen LogP contribution in [0, 0.1) is 6.92 Å². The Morgan fingerprint density at radius 2 is 2.00 bits per heavy atom. The van der Waals surface area contributed by atoms with E-state index in [9.17, 15) is 0 Å². The topological polar surface area (TPSA) is 29.0 Å². The molecule has 0 aliphatic heterocycles. The number of anilines is 1. The molecule has 0 fully saturated rings. The molecule has 1 aromatic heterocycles. The van der Waals surface area contributed by atoms with Crippen molar-refractivity contribution in [3.05, 3.63) is 40.1 Å². The normalized spacial score (nSPS) is 10.5. The Kier molecular flexibility index (Phi) is 4.12. The van der Waals surface area contributed by atoms with Crippen molar-refractivity contribution >= 4 is 32.6 Å². The zero-order valence-electron chi connectivity index (χ0n) is 9.85. The van der Waals surface area contributed by atoms with Gasteiger partial charge in [0, 0.05) is 29.6 Å². The Hall–Kier alpha value is -0.940. The molecule has 0 N–H and O–H groups in total. The molecule has 0 radical (unpaired) electrons. The van der Waals surface area contributed by atoms with Crippen molar-refractivity contribution < 1.29 is 0 Å². The molecule has 0 saturated carbocycles. The number of rotatable bonds is 4. The van der Waals surface area contributed by atoms with Gasteiger partial charge in [0.05, 0.1) is 0 Å². The van der Waals surface area contributed by atoms with Gasteiger partial charge in [0.25, 0.3) is 0 Å². The number of halogens is 1. The molecule has 0 bridgehead atoms. The third-order valence-corrected chi connectivity index (χ3v) is 3.94. The molecule has 5 heteroatoms. The summed E-state index contributed by atoms with van der Waals surface area (Å²) in [6.45, 7) is 2.87. The van der Waals surface area contributed by atoms with E-state index in [0.29, 0.717) is 0 Å². The number of benzene rings is 1. The second-order valence-corrected chi connectivity index (χ2v) is 5.57. The molecule has 2 aromatic rings. The second-order valence-electron chi connectivity index (χ2n) is 3.92. The highest BCUT2D eigenvalue weighted by molar-refractivity contribution is 9.10. The van der Waals surface area contributed by atoms with E-state index in [2.05, 4.69) is 61.5 Å². The van der Waals surface area contributed by atoms with Crippen LogP contribution in [-0.4, -0.2) is 22.9 Å². The van der Waals surface area contributed by atoms with Gasteiger partial charge < -0.3 is 4.90 Å². The Labute approximate surface area is 114 Å². The molecule has 0 amide bonds. The minimum Gasteiger partial charge on any atom is -0.350 e. The highest BCUT2D eigenvalue weighted by atomic mass is 79.9. The third-order valence-electron chi connectivity index (χ3n) is 2.49. The van der Waals surface area contributed by atoms with Crippen molar-refractivity contribution in [2.75, 3.05) is 18.5 Å². The van der Waals surface area contributed by atoms with Crippen LogP contribution in [0.3, 0.4) is 0 Å². The number of aryl methyl sites for hydroxylation is 1. The summed E-state index contributed by atoms with van der Waals surface area (Å²) >= 11 is 4.89. The monoisotopic (exact) mass is 311 g/mol. The van der Waals surface area contributed by atoms with Crippen molar-refractivity contribution in [3.63, 3.8) is 0 Å². The zero-order valence-corrected chi connectivity index (χ0v) is 12.3. The molecule has 0 unspecified atom stereocenters. The molecule has 1 heterocycles.